The van der Waals surface area contributed by atoms with Crippen LogP contribution in [0.15, 0.2) is 0 Å². The normalized spacial score (nSPS) is 10.6. The molecule has 0 unspecified atom stereocenters. The van der Waals surface area contributed by atoms with E-state index >= 15 is 0 Å². The standard InChI is InChI=1S/C12H25N3O4/c1-3-4-13-11(18)9-14(2)12(19)10-15(5-7-16)6-8-17/h16-17H,3-10H2,1-2H3,(H,13,18). The molecular weight excluding hydrogens is 250 g/mol. The van der Waals surface area contributed by atoms with Crippen LogP contribution in [0.5, 0.6) is 0 Å². The summed E-state index contributed by atoms with van der Waals surface area (Å²) in [4.78, 5) is 26.3. The van der Waals surface area contributed by atoms with Gasteiger partial charge in [-0.05, 0) is 6.42 Å². The molecule has 19 heavy (non-hydrogen) atoms. The van der Waals surface area contributed by atoms with E-state index in [0.29, 0.717) is 19.6 Å². The van der Waals surface area contributed by atoms with E-state index in [1.807, 2.05) is 6.92 Å². The number of hydrogen-bond donors (Lipinski definition) is 3. The SMILES string of the molecule is CCCNC(=O)CN(C)C(=O)CN(CCO)CCO. The Bertz CT molecular complexity index is 268. The molecule has 0 aromatic carbocycles. The molecule has 0 aliphatic rings. The van der Waals surface area contributed by atoms with Gasteiger partial charge in [0.2, 0.25) is 11.8 Å². The maximum absolute atomic E-state index is 11.9. The lowest BCUT2D eigenvalue weighted by Gasteiger charge is -2.23. The van der Waals surface area contributed by atoms with Crippen LogP contribution in [0.25, 0.3) is 0 Å². The van der Waals surface area contributed by atoms with Crippen molar-refractivity contribution in [1.82, 2.24) is 15.1 Å². The molecule has 7 nitrogen and oxygen atoms in total. The van der Waals surface area contributed by atoms with Gasteiger partial charge in [0, 0.05) is 26.7 Å². The highest BCUT2D eigenvalue weighted by atomic mass is 16.3. The second-order valence-electron chi connectivity index (χ2n) is 4.32. The van der Waals surface area contributed by atoms with Gasteiger partial charge in [-0.1, -0.05) is 6.92 Å². The van der Waals surface area contributed by atoms with Crippen molar-refractivity contribution in [3.05, 3.63) is 0 Å². The Morgan fingerprint density at radius 3 is 2.16 bits per heavy atom. The first-order valence-corrected chi connectivity index (χ1v) is 6.49. The van der Waals surface area contributed by atoms with Crippen molar-refractivity contribution in [2.24, 2.45) is 0 Å². The molecule has 0 fully saturated rings. The number of hydrogen-bond acceptors (Lipinski definition) is 5. The number of rotatable bonds is 10. The van der Waals surface area contributed by atoms with Crippen molar-refractivity contribution in [3.8, 4) is 0 Å². The number of likely N-dealkylation sites (N-methyl/N-ethyl adjacent to an activating group) is 1. The molecule has 0 atom stereocenters. The van der Waals surface area contributed by atoms with E-state index in [4.69, 9.17) is 10.2 Å². The molecule has 3 N–H and O–H groups in total. The molecule has 0 bridgehead atoms. The minimum atomic E-state index is -0.214. The van der Waals surface area contributed by atoms with Gasteiger partial charge in [0.05, 0.1) is 26.3 Å². The summed E-state index contributed by atoms with van der Waals surface area (Å²) in [6.07, 6.45) is 0.851. The predicted molar refractivity (Wildman–Crippen MR) is 71.5 cm³/mol. The molecule has 0 aliphatic carbocycles. The zero-order chi connectivity index (χ0) is 14.7. The molecule has 0 spiro atoms. The minimum absolute atomic E-state index is 0.0188. The topological polar surface area (TPSA) is 93.1 Å². The summed E-state index contributed by atoms with van der Waals surface area (Å²) in [5.74, 6) is -0.401. The lowest BCUT2D eigenvalue weighted by Crippen LogP contribution is -2.44. The zero-order valence-electron chi connectivity index (χ0n) is 11.8. The predicted octanol–water partition coefficient (Wildman–Crippen LogP) is -1.74. The largest absolute Gasteiger partial charge is 0.395 e. The molecule has 0 aromatic heterocycles. The van der Waals surface area contributed by atoms with Gasteiger partial charge in [-0.25, -0.2) is 0 Å². The van der Waals surface area contributed by atoms with Crippen molar-refractivity contribution < 1.29 is 19.8 Å². The third kappa shape index (κ3) is 8.52. The van der Waals surface area contributed by atoms with Crippen LogP contribution in [0.1, 0.15) is 13.3 Å². The van der Waals surface area contributed by atoms with Gasteiger partial charge in [0.1, 0.15) is 0 Å². The highest BCUT2D eigenvalue weighted by Crippen LogP contribution is 1.92. The van der Waals surface area contributed by atoms with E-state index in [1.165, 1.54) is 4.90 Å². The first-order chi connectivity index (χ1) is 9.04. The average molecular weight is 275 g/mol. The van der Waals surface area contributed by atoms with Crippen LogP contribution in [0.2, 0.25) is 0 Å². The fraction of sp³-hybridized carbons (Fsp3) is 0.833. The van der Waals surface area contributed by atoms with Crippen molar-refractivity contribution in [2.45, 2.75) is 13.3 Å². The number of aliphatic hydroxyl groups excluding tert-OH is 2. The number of nitrogens with zero attached hydrogens (tertiary/aromatic N) is 2. The summed E-state index contributed by atoms with van der Waals surface area (Å²) in [5.41, 5.74) is 0. The highest BCUT2D eigenvalue weighted by Gasteiger charge is 2.16. The molecule has 0 aliphatic heterocycles. The zero-order valence-corrected chi connectivity index (χ0v) is 11.8. The van der Waals surface area contributed by atoms with Crippen molar-refractivity contribution >= 4 is 11.8 Å². The Morgan fingerprint density at radius 1 is 1.11 bits per heavy atom. The summed E-state index contributed by atoms with van der Waals surface area (Å²) in [6, 6.07) is 0. The Hall–Kier alpha value is -1.18. The van der Waals surface area contributed by atoms with Crippen LogP contribution in [0, 0.1) is 0 Å². The lowest BCUT2D eigenvalue weighted by molar-refractivity contribution is -0.135. The van der Waals surface area contributed by atoms with Gasteiger partial charge in [-0.3, -0.25) is 14.5 Å². The quantitative estimate of drug-likeness (QED) is 0.440. The third-order valence-electron chi connectivity index (χ3n) is 2.57. The Balaban J connectivity index is 4.12. The maximum Gasteiger partial charge on any atom is 0.239 e. The first kappa shape index (κ1) is 17.8. The van der Waals surface area contributed by atoms with Crippen LogP contribution in [-0.2, 0) is 9.59 Å². The fourth-order valence-corrected chi connectivity index (χ4v) is 1.49. The van der Waals surface area contributed by atoms with Crippen molar-refractivity contribution in [1.29, 1.82) is 0 Å². The molecule has 0 rings (SSSR count). The molecule has 7 heteroatoms. The molecular formula is C12H25N3O4. The Morgan fingerprint density at radius 2 is 1.68 bits per heavy atom. The average Bonchev–Trinajstić information content (AvgIpc) is 2.36. The van der Waals surface area contributed by atoms with E-state index in [-0.39, 0.29) is 38.1 Å². The summed E-state index contributed by atoms with van der Waals surface area (Å²) < 4.78 is 0. The number of aliphatic hydroxyl groups is 2. The van der Waals surface area contributed by atoms with Gasteiger partial charge >= 0.3 is 0 Å². The highest BCUT2D eigenvalue weighted by molar-refractivity contribution is 5.85. The second-order valence-corrected chi connectivity index (χ2v) is 4.32. The van der Waals surface area contributed by atoms with Gasteiger partial charge in [0.25, 0.3) is 0 Å². The van der Waals surface area contributed by atoms with E-state index in [9.17, 15) is 9.59 Å². The summed E-state index contributed by atoms with van der Waals surface area (Å²) in [7, 11) is 1.56. The van der Waals surface area contributed by atoms with Crippen LogP contribution in [-0.4, -0.2) is 84.8 Å². The molecule has 0 saturated heterocycles. The molecule has 0 aromatic rings. The van der Waals surface area contributed by atoms with Gasteiger partial charge in [-0.2, -0.15) is 0 Å². The third-order valence-corrected chi connectivity index (χ3v) is 2.57. The van der Waals surface area contributed by atoms with E-state index in [1.54, 1.807) is 11.9 Å². The van der Waals surface area contributed by atoms with Gasteiger partial charge < -0.3 is 20.4 Å². The van der Waals surface area contributed by atoms with E-state index < -0.39 is 0 Å². The molecule has 0 saturated carbocycles. The van der Waals surface area contributed by atoms with Gasteiger partial charge in [0.15, 0.2) is 0 Å². The van der Waals surface area contributed by atoms with Crippen LogP contribution >= 0.6 is 0 Å². The molecule has 0 heterocycles. The van der Waals surface area contributed by atoms with Crippen molar-refractivity contribution in [2.75, 3.05) is 53.0 Å². The first-order valence-electron chi connectivity index (χ1n) is 6.49. The maximum atomic E-state index is 11.9. The molecule has 112 valence electrons. The van der Waals surface area contributed by atoms with Crippen LogP contribution in [0.3, 0.4) is 0 Å². The minimum Gasteiger partial charge on any atom is -0.395 e. The smallest absolute Gasteiger partial charge is 0.239 e. The van der Waals surface area contributed by atoms with E-state index in [0.717, 1.165) is 6.42 Å². The van der Waals surface area contributed by atoms with E-state index in [2.05, 4.69) is 5.32 Å². The van der Waals surface area contributed by atoms with Gasteiger partial charge in [-0.15, -0.1) is 0 Å². The number of nitrogens with one attached hydrogen (secondary N) is 1. The lowest BCUT2D eigenvalue weighted by atomic mass is 10.4. The van der Waals surface area contributed by atoms with Crippen LogP contribution < -0.4 is 5.32 Å². The Kier molecular flexibility index (Phi) is 10.1. The second kappa shape index (κ2) is 10.7. The molecule has 2 amide bonds. The number of carbonyl (C=O) groups is 2. The summed E-state index contributed by atoms with van der Waals surface area (Å²) in [5, 5.41) is 20.4. The number of carbonyl (C=O) groups excluding carboxylic acids is 2. The molecule has 0 radical (unpaired) electrons. The monoisotopic (exact) mass is 275 g/mol. The Labute approximate surface area is 114 Å². The van der Waals surface area contributed by atoms with Crippen LogP contribution in [0.4, 0.5) is 0 Å². The summed E-state index contributed by atoms with van der Waals surface area (Å²) >= 11 is 0. The number of amides is 2. The fourth-order valence-electron chi connectivity index (χ4n) is 1.49. The summed E-state index contributed by atoms with van der Waals surface area (Å²) in [6.45, 7) is 3.15. The van der Waals surface area contributed by atoms with Crippen molar-refractivity contribution in [3.63, 3.8) is 0 Å².